The third-order valence-corrected chi connectivity index (χ3v) is 10.4. The number of anilines is 4. The molecule has 2 heterocycles. The summed E-state index contributed by atoms with van der Waals surface area (Å²) in [6, 6.07) is 19.1. The van der Waals surface area contributed by atoms with Gasteiger partial charge in [-0.2, -0.15) is 0 Å². The molecule has 0 saturated heterocycles. The number of nitrogens with one attached hydrogen (secondary N) is 2. The number of hydrogen-bond acceptors (Lipinski definition) is 2. The third kappa shape index (κ3) is 5.07. The predicted molar refractivity (Wildman–Crippen MR) is 186 cm³/mol. The molecule has 43 heavy (non-hydrogen) atoms. The molecule has 0 atom stereocenters. The Hall–Kier alpha value is -3.52. The summed E-state index contributed by atoms with van der Waals surface area (Å²) in [5, 5.41) is 7.64. The summed E-state index contributed by atoms with van der Waals surface area (Å²) in [7, 11) is 0. The van der Waals surface area contributed by atoms with Crippen molar-refractivity contribution < 1.29 is 0 Å². The van der Waals surface area contributed by atoms with Gasteiger partial charge in [0.25, 0.3) is 0 Å². The lowest BCUT2D eigenvalue weighted by Gasteiger charge is -2.38. The van der Waals surface area contributed by atoms with Gasteiger partial charge in [0.1, 0.15) is 0 Å². The Bertz CT molecular complexity index is 1620. The van der Waals surface area contributed by atoms with Crippen LogP contribution in [0.2, 0.25) is 0 Å². The number of fused-ring (bicyclic) bond motifs is 4. The summed E-state index contributed by atoms with van der Waals surface area (Å²) < 4.78 is 0. The van der Waals surface area contributed by atoms with Crippen LogP contribution in [0.4, 0.5) is 22.7 Å². The number of aryl methyl sites for hydroxylation is 8. The van der Waals surface area contributed by atoms with E-state index >= 15 is 0 Å². The molecule has 2 nitrogen and oxygen atoms in total. The normalized spacial score (nSPS) is 15.5. The zero-order chi connectivity index (χ0) is 30.8. The Morgan fingerprint density at radius 2 is 0.744 bits per heavy atom. The van der Waals surface area contributed by atoms with Crippen LogP contribution < -0.4 is 10.6 Å². The van der Waals surface area contributed by atoms with Gasteiger partial charge >= 0.3 is 0 Å². The molecule has 0 saturated carbocycles. The first-order valence-corrected chi connectivity index (χ1v) is 16.3. The van der Waals surface area contributed by atoms with Crippen molar-refractivity contribution in [2.24, 2.45) is 0 Å². The molecule has 2 N–H and O–H groups in total. The van der Waals surface area contributed by atoms with Crippen LogP contribution in [0.25, 0.3) is 0 Å². The summed E-state index contributed by atoms with van der Waals surface area (Å²) in [6.45, 7) is 23.0. The molecule has 0 amide bonds. The summed E-state index contributed by atoms with van der Waals surface area (Å²) in [5.74, 6) is 0. The quantitative estimate of drug-likeness (QED) is 0.225. The lowest BCUT2D eigenvalue weighted by atomic mass is 9.72. The minimum atomic E-state index is -0.0156. The van der Waals surface area contributed by atoms with E-state index in [1.807, 2.05) is 0 Å². The van der Waals surface area contributed by atoms with E-state index in [1.165, 1.54) is 109 Å². The topological polar surface area (TPSA) is 24.1 Å². The molecule has 0 aliphatic carbocycles. The van der Waals surface area contributed by atoms with Crippen molar-refractivity contribution in [1.82, 2.24) is 0 Å². The average Bonchev–Trinajstić information content (AvgIpc) is 2.91. The molecule has 4 aromatic carbocycles. The van der Waals surface area contributed by atoms with E-state index in [1.54, 1.807) is 0 Å². The minimum absolute atomic E-state index is 0.0156. The van der Waals surface area contributed by atoms with Gasteiger partial charge in [0.2, 0.25) is 0 Å². The Morgan fingerprint density at radius 3 is 1.12 bits per heavy atom. The van der Waals surface area contributed by atoms with Gasteiger partial charge in [-0.05, 0) is 123 Å². The van der Waals surface area contributed by atoms with Gasteiger partial charge in [-0.3, -0.25) is 0 Å². The zero-order valence-electron chi connectivity index (χ0n) is 28.2. The summed E-state index contributed by atoms with van der Waals surface area (Å²) in [4.78, 5) is 0. The van der Waals surface area contributed by atoms with Crippen molar-refractivity contribution >= 4 is 22.7 Å². The van der Waals surface area contributed by atoms with Crippen LogP contribution >= 0.6 is 0 Å². The van der Waals surface area contributed by atoms with Gasteiger partial charge < -0.3 is 10.6 Å². The molecular weight excluding hydrogens is 520 g/mol. The highest BCUT2D eigenvalue weighted by atomic mass is 14.9. The maximum absolute atomic E-state index is 3.82. The SMILES string of the molecule is Cc1cc(C)c2c(c1)C(C)(C)c1cc(CCCCCc3cc(C)c4c(c3)C(C)(C)c3cc(C)cc(C)c3N4)cc(C)c1N2. The van der Waals surface area contributed by atoms with Crippen molar-refractivity contribution in [3.8, 4) is 0 Å². The van der Waals surface area contributed by atoms with Crippen LogP contribution in [0.5, 0.6) is 0 Å². The fourth-order valence-electron chi connectivity index (χ4n) is 7.96. The van der Waals surface area contributed by atoms with Crippen molar-refractivity contribution in [2.75, 3.05) is 10.6 Å². The summed E-state index contributed by atoms with van der Waals surface area (Å²) in [6.07, 6.45) is 5.98. The Kier molecular flexibility index (Phi) is 7.27. The second-order valence-electron chi connectivity index (χ2n) is 14.7. The van der Waals surface area contributed by atoms with Crippen LogP contribution in [0.3, 0.4) is 0 Å². The Morgan fingerprint density at radius 1 is 0.419 bits per heavy atom. The number of unbranched alkanes of at least 4 members (excludes halogenated alkanes) is 2. The van der Waals surface area contributed by atoms with Crippen LogP contribution in [-0.2, 0) is 23.7 Å². The minimum Gasteiger partial charge on any atom is -0.355 e. The smallest absolute Gasteiger partial charge is 0.0455 e. The molecule has 224 valence electrons. The highest BCUT2D eigenvalue weighted by Crippen LogP contribution is 2.50. The zero-order valence-corrected chi connectivity index (χ0v) is 28.2. The average molecular weight is 571 g/mol. The van der Waals surface area contributed by atoms with Gasteiger partial charge in [0.15, 0.2) is 0 Å². The van der Waals surface area contributed by atoms with Crippen LogP contribution in [0, 0.1) is 41.5 Å². The molecule has 0 fully saturated rings. The molecule has 4 aromatic rings. The molecule has 6 rings (SSSR count). The van der Waals surface area contributed by atoms with Crippen molar-refractivity contribution in [3.05, 3.63) is 115 Å². The second-order valence-corrected chi connectivity index (χ2v) is 14.7. The second kappa shape index (κ2) is 10.6. The first-order valence-electron chi connectivity index (χ1n) is 16.3. The maximum Gasteiger partial charge on any atom is 0.0455 e. The number of benzene rings is 4. The van der Waals surface area contributed by atoms with E-state index in [2.05, 4.69) is 128 Å². The molecule has 2 aliphatic rings. The van der Waals surface area contributed by atoms with E-state index in [0.717, 1.165) is 12.8 Å². The highest BCUT2D eigenvalue weighted by Gasteiger charge is 2.36. The van der Waals surface area contributed by atoms with Gasteiger partial charge in [-0.25, -0.2) is 0 Å². The van der Waals surface area contributed by atoms with E-state index in [4.69, 9.17) is 0 Å². The largest absolute Gasteiger partial charge is 0.355 e. The van der Waals surface area contributed by atoms with Crippen molar-refractivity contribution in [1.29, 1.82) is 0 Å². The van der Waals surface area contributed by atoms with Crippen LogP contribution in [0.1, 0.15) is 114 Å². The molecule has 2 heteroatoms. The van der Waals surface area contributed by atoms with E-state index < -0.39 is 0 Å². The van der Waals surface area contributed by atoms with Gasteiger partial charge in [-0.15, -0.1) is 0 Å². The number of hydrogen-bond donors (Lipinski definition) is 2. The van der Waals surface area contributed by atoms with E-state index in [-0.39, 0.29) is 10.8 Å². The van der Waals surface area contributed by atoms with E-state index in [0.29, 0.717) is 0 Å². The Labute approximate surface area is 260 Å². The lowest BCUT2D eigenvalue weighted by Crippen LogP contribution is -2.27. The molecule has 0 bridgehead atoms. The van der Waals surface area contributed by atoms with Crippen LogP contribution in [-0.4, -0.2) is 0 Å². The Balaban J connectivity index is 1.14. The lowest BCUT2D eigenvalue weighted by molar-refractivity contribution is 0.629. The third-order valence-electron chi connectivity index (χ3n) is 10.4. The molecular formula is C41H50N2. The van der Waals surface area contributed by atoms with Crippen molar-refractivity contribution in [2.45, 2.75) is 112 Å². The first kappa shape index (κ1) is 29.5. The fourth-order valence-corrected chi connectivity index (χ4v) is 7.96. The van der Waals surface area contributed by atoms with Crippen LogP contribution in [0.15, 0.2) is 48.5 Å². The standard InChI is InChI=1S/C41H50N2/c1-24-16-26(3)36-32(18-24)40(7,8)34-22-30(20-28(5)38(34)42-36)14-12-11-13-15-31-21-29(6)39-35(23-31)41(9,10)33-19-25(2)17-27(4)37(33)43-39/h16-23,42-43H,11-15H2,1-10H3. The molecule has 0 radical (unpaired) electrons. The van der Waals surface area contributed by atoms with Gasteiger partial charge in [0.05, 0.1) is 0 Å². The van der Waals surface area contributed by atoms with Gasteiger partial charge in [0, 0.05) is 33.6 Å². The molecule has 0 spiro atoms. The van der Waals surface area contributed by atoms with Crippen molar-refractivity contribution in [3.63, 3.8) is 0 Å². The number of rotatable bonds is 6. The maximum atomic E-state index is 3.82. The monoisotopic (exact) mass is 570 g/mol. The molecule has 2 aliphatic heterocycles. The molecule has 0 unspecified atom stereocenters. The van der Waals surface area contributed by atoms with E-state index in [9.17, 15) is 0 Å². The first-order chi connectivity index (χ1) is 20.3. The predicted octanol–water partition coefficient (Wildman–Crippen LogP) is 11.3. The highest BCUT2D eigenvalue weighted by molar-refractivity contribution is 5.81. The summed E-state index contributed by atoms with van der Waals surface area (Å²) >= 11 is 0. The summed E-state index contributed by atoms with van der Waals surface area (Å²) in [5.41, 5.74) is 21.9. The fraction of sp³-hybridized carbons (Fsp3) is 0.415. The van der Waals surface area contributed by atoms with Gasteiger partial charge in [-0.1, -0.05) is 93.8 Å². The molecule has 0 aromatic heterocycles.